The molecule has 0 aliphatic carbocycles. The molecule has 0 aliphatic heterocycles. The molecule has 0 heterocycles. The fourth-order valence-electron chi connectivity index (χ4n) is 2.25. The molecule has 2 aromatic carbocycles. The van der Waals surface area contributed by atoms with E-state index in [1.54, 1.807) is 43.5 Å². The zero-order chi connectivity index (χ0) is 17.0. The van der Waals surface area contributed by atoms with Gasteiger partial charge in [-0.25, -0.2) is 4.79 Å². The van der Waals surface area contributed by atoms with Gasteiger partial charge in [0.05, 0.1) is 12.7 Å². The number of esters is 1. The number of aromatic hydroxyl groups is 1. The minimum Gasteiger partial charge on any atom is -0.508 e. The molecule has 0 unspecified atom stereocenters. The minimum atomic E-state index is -0.383. The molecule has 2 aromatic rings. The number of carbonyl (C=O) groups is 1. The van der Waals surface area contributed by atoms with Crippen molar-refractivity contribution in [2.45, 2.75) is 32.8 Å². The molecule has 0 spiro atoms. The lowest BCUT2D eigenvalue weighted by Crippen LogP contribution is -2.15. The Bertz CT molecular complexity index is 682. The van der Waals surface area contributed by atoms with Gasteiger partial charge in [0.2, 0.25) is 0 Å². The van der Waals surface area contributed by atoms with Crippen LogP contribution in [0.3, 0.4) is 0 Å². The molecule has 0 amide bonds. The third-order valence-corrected chi connectivity index (χ3v) is 3.55. The summed E-state index contributed by atoms with van der Waals surface area (Å²) in [6.07, 6.45) is 0. The number of carbonyl (C=O) groups excluding carboxylic acids is 1. The summed E-state index contributed by atoms with van der Waals surface area (Å²) in [5, 5.41) is 9.25. The van der Waals surface area contributed by atoms with Crippen LogP contribution in [-0.2, 0) is 16.8 Å². The Labute approximate surface area is 136 Å². The van der Waals surface area contributed by atoms with Crippen molar-refractivity contribution in [3.05, 3.63) is 59.2 Å². The van der Waals surface area contributed by atoms with Crippen LogP contribution < -0.4 is 4.74 Å². The van der Waals surface area contributed by atoms with E-state index in [9.17, 15) is 9.90 Å². The minimum absolute atomic E-state index is 0.140. The first-order valence-corrected chi connectivity index (χ1v) is 7.45. The number of hydrogen-bond donors (Lipinski definition) is 1. The van der Waals surface area contributed by atoms with Crippen molar-refractivity contribution >= 4 is 5.97 Å². The molecule has 122 valence electrons. The maximum absolute atomic E-state index is 12.3. The highest BCUT2D eigenvalue weighted by molar-refractivity contribution is 5.90. The largest absolute Gasteiger partial charge is 0.508 e. The molecule has 4 nitrogen and oxygen atoms in total. The van der Waals surface area contributed by atoms with Crippen molar-refractivity contribution < 1.29 is 19.4 Å². The van der Waals surface area contributed by atoms with E-state index in [0.717, 1.165) is 16.9 Å². The summed E-state index contributed by atoms with van der Waals surface area (Å²) >= 11 is 0. The zero-order valence-electron chi connectivity index (χ0n) is 13.9. The molecule has 23 heavy (non-hydrogen) atoms. The molecule has 0 aliphatic rings. The zero-order valence-corrected chi connectivity index (χ0v) is 13.9. The summed E-state index contributed by atoms with van der Waals surface area (Å²) in [6.45, 7) is 6.36. The summed E-state index contributed by atoms with van der Waals surface area (Å²) in [5.74, 6) is 0.559. The molecule has 1 N–H and O–H groups in total. The van der Waals surface area contributed by atoms with E-state index in [1.165, 1.54) is 0 Å². The van der Waals surface area contributed by atoms with Gasteiger partial charge in [0.1, 0.15) is 18.1 Å². The second-order valence-electron chi connectivity index (χ2n) is 6.41. The lowest BCUT2D eigenvalue weighted by atomic mass is 9.85. The van der Waals surface area contributed by atoms with E-state index < -0.39 is 0 Å². The summed E-state index contributed by atoms with van der Waals surface area (Å²) in [5.41, 5.74) is 2.13. The van der Waals surface area contributed by atoms with Gasteiger partial charge in [-0.2, -0.15) is 0 Å². The normalized spacial score (nSPS) is 11.1. The SMILES string of the molecule is COc1ccc(C(=O)OCc2ccc(O)cc2)cc1C(C)(C)C. The van der Waals surface area contributed by atoms with Crippen molar-refractivity contribution in [3.8, 4) is 11.5 Å². The summed E-state index contributed by atoms with van der Waals surface area (Å²) in [4.78, 5) is 12.3. The van der Waals surface area contributed by atoms with Crippen molar-refractivity contribution in [1.82, 2.24) is 0 Å². The molecule has 4 heteroatoms. The van der Waals surface area contributed by atoms with Crippen LogP contribution in [0, 0.1) is 0 Å². The number of rotatable bonds is 4. The van der Waals surface area contributed by atoms with Crippen LogP contribution in [-0.4, -0.2) is 18.2 Å². The Morgan fingerprint density at radius 3 is 2.30 bits per heavy atom. The van der Waals surface area contributed by atoms with E-state index in [0.29, 0.717) is 5.56 Å². The van der Waals surface area contributed by atoms with E-state index in [2.05, 4.69) is 20.8 Å². The Kier molecular flexibility index (Phi) is 4.94. The Hall–Kier alpha value is -2.49. The van der Waals surface area contributed by atoms with Crippen molar-refractivity contribution in [2.75, 3.05) is 7.11 Å². The monoisotopic (exact) mass is 314 g/mol. The smallest absolute Gasteiger partial charge is 0.338 e. The number of methoxy groups -OCH3 is 1. The molecule has 0 aromatic heterocycles. The van der Waals surface area contributed by atoms with Crippen LogP contribution in [0.15, 0.2) is 42.5 Å². The van der Waals surface area contributed by atoms with Gasteiger partial charge >= 0.3 is 5.97 Å². The van der Waals surface area contributed by atoms with Gasteiger partial charge in [0.15, 0.2) is 0 Å². The second kappa shape index (κ2) is 6.73. The summed E-state index contributed by atoms with van der Waals surface area (Å²) in [6, 6.07) is 11.9. The highest BCUT2D eigenvalue weighted by Crippen LogP contribution is 2.32. The topological polar surface area (TPSA) is 55.8 Å². The number of ether oxygens (including phenoxy) is 2. The maximum Gasteiger partial charge on any atom is 0.338 e. The molecular weight excluding hydrogens is 292 g/mol. The van der Waals surface area contributed by atoms with Gasteiger partial charge in [0.25, 0.3) is 0 Å². The van der Waals surface area contributed by atoms with Crippen LogP contribution in [0.25, 0.3) is 0 Å². The number of benzene rings is 2. The van der Waals surface area contributed by atoms with Gasteiger partial charge in [0, 0.05) is 5.56 Å². The van der Waals surface area contributed by atoms with E-state index in [-0.39, 0.29) is 23.7 Å². The molecule has 2 rings (SSSR count). The number of phenols is 1. The summed E-state index contributed by atoms with van der Waals surface area (Å²) in [7, 11) is 1.62. The molecule has 0 atom stereocenters. The first-order chi connectivity index (χ1) is 10.8. The van der Waals surface area contributed by atoms with Crippen LogP contribution in [0.2, 0.25) is 0 Å². The third kappa shape index (κ3) is 4.25. The Morgan fingerprint density at radius 1 is 1.09 bits per heavy atom. The standard InChI is InChI=1S/C19H22O4/c1-19(2,3)16-11-14(7-10-17(16)22-4)18(21)23-12-13-5-8-15(20)9-6-13/h5-11,20H,12H2,1-4H3. The molecule has 0 fully saturated rings. The van der Waals surface area contributed by atoms with Crippen LogP contribution >= 0.6 is 0 Å². The third-order valence-electron chi connectivity index (χ3n) is 3.55. The average Bonchev–Trinajstić information content (AvgIpc) is 2.52. The van der Waals surface area contributed by atoms with Gasteiger partial charge in [-0.3, -0.25) is 0 Å². The first kappa shape index (κ1) is 16.9. The van der Waals surface area contributed by atoms with Crippen molar-refractivity contribution in [3.63, 3.8) is 0 Å². The Balaban J connectivity index is 2.14. The van der Waals surface area contributed by atoms with Crippen LogP contribution in [0.1, 0.15) is 42.3 Å². The van der Waals surface area contributed by atoms with Gasteiger partial charge in [-0.05, 0) is 41.3 Å². The fraction of sp³-hybridized carbons (Fsp3) is 0.316. The van der Waals surface area contributed by atoms with Crippen molar-refractivity contribution in [1.29, 1.82) is 0 Å². The van der Waals surface area contributed by atoms with Gasteiger partial charge < -0.3 is 14.6 Å². The maximum atomic E-state index is 12.3. The van der Waals surface area contributed by atoms with Crippen LogP contribution in [0.5, 0.6) is 11.5 Å². The quantitative estimate of drug-likeness (QED) is 0.865. The van der Waals surface area contributed by atoms with E-state index >= 15 is 0 Å². The molecule has 0 saturated carbocycles. The van der Waals surface area contributed by atoms with Gasteiger partial charge in [-0.15, -0.1) is 0 Å². The lowest BCUT2D eigenvalue weighted by Gasteiger charge is -2.22. The predicted molar refractivity (Wildman–Crippen MR) is 88.9 cm³/mol. The number of hydrogen-bond acceptors (Lipinski definition) is 4. The van der Waals surface area contributed by atoms with Gasteiger partial charge in [-0.1, -0.05) is 32.9 Å². The molecule has 0 radical (unpaired) electrons. The Morgan fingerprint density at radius 2 is 1.74 bits per heavy atom. The highest BCUT2D eigenvalue weighted by atomic mass is 16.5. The molecule has 0 saturated heterocycles. The second-order valence-corrected chi connectivity index (χ2v) is 6.41. The van der Waals surface area contributed by atoms with Crippen LogP contribution in [0.4, 0.5) is 0 Å². The summed E-state index contributed by atoms with van der Waals surface area (Å²) < 4.78 is 10.7. The molecular formula is C19H22O4. The number of phenolic OH excluding ortho intramolecular Hbond substituents is 1. The first-order valence-electron chi connectivity index (χ1n) is 7.45. The highest BCUT2D eigenvalue weighted by Gasteiger charge is 2.21. The van der Waals surface area contributed by atoms with Crippen molar-refractivity contribution in [2.24, 2.45) is 0 Å². The van der Waals surface area contributed by atoms with E-state index in [1.807, 2.05) is 6.07 Å². The average molecular weight is 314 g/mol. The predicted octanol–water partition coefficient (Wildman–Crippen LogP) is 4.06. The lowest BCUT2D eigenvalue weighted by molar-refractivity contribution is 0.0472. The fourth-order valence-corrected chi connectivity index (χ4v) is 2.25. The molecule has 0 bridgehead atoms. The van der Waals surface area contributed by atoms with E-state index in [4.69, 9.17) is 9.47 Å².